The second-order valence-corrected chi connectivity index (χ2v) is 3.83. The second kappa shape index (κ2) is 6.14. The Kier molecular flexibility index (Phi) is 4.81. The van der Waals surface area contributed by atoms with Crippen LogP contribution in [-0.4, -0.2) is 11.9 Å². The van der Waals surface area contributed by atoms with Crippen LogP contribution < -0.4 is 5.32 Å². The first-order valence-corrected chi connectivity index (χ1v) is 5.49. The van der Waals surface area contributed by atoms with E-state index in [2.05, 4.69) is 5.32 Å². The van der Waals surface area contributed by atoms with Crippen molar-refractivity contribution in [3.05, 3.63) is 34.9 Å². The van der Waals surface area contributed by atoms with Crippen LogP contribution >= 0.6 is 11.6 Å². The van der Waals surface area contributed by atoms with Gasteiger partial charge in [0.2, 0.25) is 0 Å². The number of hydrogen-bond donors (Lipinski definition) is 1. The zero-order valence-corrected chi connectivity index (χ0v) is 9.79. The molecule has 1 rings (SSSR count). The van der Waals surface area contributed by atoms with Crippen LogP contribution in [0.1, 0.15) is 30.1 Å². The van der Waals surface area contributed by atoms with Gasteiger partial charge in [0.05, 0.1) is 23.1 Å². The molecule has 0 aliphatic heterocycles. The van der Waals surface area contributed by atoms with Crippen LogP contribution in [0.4, 0.5) is 0 Å². The van der Waals surface area contributed by atoms with Gasteiger partial charge < -0.3 is 5.32 Å². The summed E-state index contributed by atoms with van der Waals surface area (Å²) in [5, 5.41) is 11.8. The normalized spacial score (nSPS) is 11.6. The van der Waals surface area contributed by atoms with Crippen molar-refractivity contribution in [2.45, 2.75) is 25.8 Å². The van der Waals surface area contributed by atoms with Gasteiger partial charge in [0.25, 0.3) is 5.91 Å². The first-order chi connectivity index (χ1) is 7.69. The van der Waals surface area contributed by atoms with Crippen molar-refractivity contribution >= 4 is 17.5 Å². The second-order valence-electron chi connectivity index (χ2n) is 3.42. The van der Waals surface area contributed by atoms with Crippen molar-refractivity contribution < 1.29 is 4.79 Å². The first-order valence-electron chi connectivity index (χ1n) is 5.11. The van der Waals surface area contributed by atoms with Gasteiger partial charge in [-0.15, -0.1) is 0 Å². The van der Waals surface area contributed by atoms with Gasteiger partial charge in [0.1, 0.15) is 0 Å². The number of carbonyl (C=O) groups excluding carboxylic acids is 1. The van der Waals surface area contributed by atoms with E-state index in [1.807, 2.05) is 13.0 Å². The number of halogens is 1. The molecule has 1 aromatic carbocycles. The van der Waals surface area contributed by atoms with Crippen LogP contribution in [0.2, 0.25) is 5.02 Å². The summed E-state index contributed by atoms with van der Waals surface area (Å²) < 4.78 is 0. The zero-order chi connectivity index (χ0) is 12.0. The Morgan fingerprint density at radius 1 is 1.56 bits per heavy atom. The van der Waals surface area contributed by atoms with Crippen molar-refractivity contribution in [1.82, 2.24) is 5.32 Å². The fourth-order valence-electron chi connectivity index (χ4n) is 1.32. The molecule has 0 fully saturated rings. The third-order valence-electron chi connectivity index (χ3n) is 2.28. The highest BCUT2D eigenvalue weighted by Gasteiger charge is 2.13. The van der Waals surface area contributed by atoms with Crippen molar-refractivity contribution in [2.24, 2.45) is 0 Å². The Bertz CT molecular complexity index is 412. The lowest BCUT2D eigenvalue weighted by Crippen LogP contribution is -2.34. The minimum Gasteiger partial charge on any atom is -0.348 e. The lowest BCUT2D eigenvalue weighted by atomic mass is 10.1. The number of hydrogen-bond acceptors (Lipinski definition) is 2. The molecular weight excluding hydrogens is 224 g/mol. The van der Waals surface area contributed by atoms with Crippen LogP contribution in [-0.2, 0) is 0 Å². The van der Waals surface area contributed by atoms with E-state index in [0.717, 1.165) is 6.42 Å². The maximum atomic E-state index is 11.8. The van der Waals surface area contributed by atoms with Gasteiger partial charge in [-0.3, -0.25) is 4.79 Å². The first kappa shape index (κ1) is 12.5. The number of carbonyl (C=O) groups is 1. The smallest absolute Gasteiger partial charge is 0.253 e. The molecule has 3 nitrogen and oxygen atoms in total. The third kappa shape index (κ3) is 3.25. The van der Waals surface area contributed by atoms with E-state index in [1.54, 1.807) is 24.3 Å². The van der Waals surface area contributed by atoms with E-state index in [4.69, 9.17) is 16.9 Å². The molecule has 0 aliphatic carbocycles. The van der Waals surface area contributed by atoms with E-state index in [1.165, 1.54) is 0 Å². The molecule has 0 saturated heterocycles. The maximum Gasteiger partial charge on any atom is 0.253 e. The highest BCUT2D eigenvalue weighted by molar-refractivity contribution is 6.33. The van der Waals surface area contributed by atoms with E-state index in [9.17, 15) is 4.79 Å². The predicted octanol–water partition coefficient (Wildman–Crippen LogP) is 2.76. The molecule has 1 atom stereocenters. The van der Waals surface area contributed by atoms with Gasteiger partial charge in [0.15, 0.2) is 0 Å². The van der Waals surface area contributed by atoms with Gasteiger partial charge in [0, 0.05) is 6.04 Å². The Morgan fingerprint density at radius 3 is 2.81 bits per heavy atom. The summed E-state index contributed by atoms with van der Waals surface area (Å²) in [4.78, 5) is 11.8. The number of rotatable bonds is 4. The Morgan fingerprint density at radius 2 is 2.25 bits per heavy atom. The van der Waals surface area contributed by atoms with Crippen molar-refractivity contribution in [3.63, 3.8) is 0 Å². The summed E-state index contributed by atoms with van der Waals surface area (Å²) in [6.45, 7) is 1.93. The Balaban J connectivity index is 2.73. The molecule has 84 valence electrons. The van der Waals surface area contributed by atoms with E-state index < -0.39 is 0 Å². The summed E-state index contributed by atoms with van der Waals surface area (Å²) in [7, 11) is 0. The number of nitrogens with zero attached hydrogens (tertiary/aromatic N) is 1. The lowest BCUT2D eigenvalue weighted by molar-refractivity contribution is 0.0937. The molecular formula is C12H13ClN2O. The number of nitrogens with one attached hydrogen (secondary N) is 1. The lowest BCUT2D eigenvalue weighted by Gasteiger charge is -2.13. The molecule has 0 aromatic heterocycles. The molecule has 16 heavy (non-hydrogen) atoms. The number of amides is 1. The minimum absolute atomic E-state index is 0.117. The molecule has 0 heterocycles. The average molecular weight is 237 g/mol. The molecule has 4 heteroatoms. The Labute approximate surface area is 100 Å². The molecule has 1 unspecified atom stereocenters. The molecule has 0 radical (unpaired) electrons. The monoisotopic (exact) mass is 236 g/mol. The summed E-state index contributed by atoms with van der Waals surface area (Å²) in [6.07, 6.45) is 1.04. The molecule has 0 bridgehead atoms. The number of benzene rings is 1. The molecule has 1 N–H and O–H groups in total. The molecule has 0 saturated carbocycles. The van der Waals surface area contributed by atoms with Gasteiger partial charge in [-0.2, -0.15) is 5.26 Å². The standard InChI is InChI=1S/C12H13ClN2O/c1-2-9(7-8-14)15-12(16)10-5-3-4-6-11(10)13/h3-6,9H,2,7H2,1H3,(H,15,16). The fourth-order valence-corrected chi connectivity index (χ4v) is 1.54. The highest BCUT2D eigenvalue weighted by atomic mass is 35.5. The van der Waals surface area contributed by atoms with Crippen LogP contribution in [0.5, 0.6) is 0 Å². The summed E-state index contributed by atoms with van der Waals surface area (Å²) >= 11 is 5.90. The molecule has 1 amide bonds. The van der Waals surface area contributed by atoms with Gasteiger partial charge >= 0.3 is 0 Å². The molecule has 0 aliphatic rings. The van der Waals surface area contributed by atoms with Gasteiger partial charge in [-0.25, -0.2) is 0 Å². The number of nitriles is 1. The summed E-state index contributed by atoms with van der Waals surface area (Å²) in [6, 6.07) is 8.78. The average Bonchev–Trinajstić information content (AvgIpc) is 2.28. The molecule has 0 spiro atoms. The predicted molar refractivity (Wildman–Crippen MR) is 63.2 cm³/mol. The van der Waals surface area contributed by atoms with Crippen LogP contribution in [0.3, 0.4) is 0 Å². The fraction of sp³-hybridized carbons (Fsp3) is 0.333. The van der Waals surface area contributed by atoms with E-state index in [-0.39, 0.29) is 11.9 Å². The van der Waals surface area contributed by atoms with Crippen LogP contribution in [0.15, 0.2) is 24.3 Å². The van der Waals surface area contributed by atoms with Gasteiger partial charge in [-0.1, -0.05) is 30.7 Å². The van der Waals surface area contributed by atoms with Crippen molar-refractivity contribution in [3.8, 4) is 6.07 Å². The maximum absolute atomic E-state index is 11.8. The van der Waals surface area contributed by atoms with Gasteiger partial charge in [-0.05, 0) is 18.6 Å². The quantitative estimate of drug-likeness (QED) is 0.874. The van der Waals surface area contributed by atoms with E-state index in [0.29, 0.717) is 17.0 Å². The SMILES string of the molecule is CCC(CC#N)NC(=O)c1ccccc1Cl. The summed E-state index contributed by atoms with van der Waals surface area (Å²) in [5.41, 5.74) is 0.445. The topological polar surface area (TPSA) is 52.9 Å². The zero-order valence-electron chi connectivity index (χ0n) is 9.03. The largest absolute Gasteiger partial charge is 0.348 e. The van der Waals surface area contributed by atoms with E-state index >= 15 is 0 Å². The third-order valence-corrected chi connectivity index (χ3v) is 2.61. The highest BCUT2D eigenvalue weighted by Crippen LogP contribution is 2.15. The summed E-state index contributed by atoms with van der Waals surface area (Å²) in [5.74, 6) is -0.229. The van der Waals surface area contributed by atoms with Crippen LogP contribution in [0.25, 0.3) is 0 Å². The Hall–Kier alpha value is -1.53. The minimum atomic E-state index is -0.229. The van der Waals surface area contributed by atoms with Crippen LogP contribution in [0, 0.1) is 11.3 Å². The van der Waals surface area contributed by atoms with Crippen molar-refractivity contribution in [1.29, 1.82) is 5.26 Å². The molecule has 1 aromatic rings. The van der Waals surface area contributed by atoms with Crippen molar-refractivity contribution in [2.75, 3.05) is 0 Å².